The minimum Gasteiger partial charge on any atom is -0.336 e. The minimum atomic E-state index is -0.0951. The highest BCUT2D eigenvalue weighted by molar-refractivity contribution is 5.92. The molecule has 1 aliphatic rings. The molecule has 0 bridgehead atoms. The van der Waals surface area contributed by atoms with E-state index in [-0.39, 0.29) is 11.9 Å². The van der Waals surface area contributed by atoms with E-state index in [1.165, 1.54) is 11.0 Å². The van der Waals surface area contributed by atoms with E-state index in [0.717, 1.165) is 25.1 Å². The Morgan fingerprint density at radius 2 is 2.10 bits per heavy atom. The minimum absolute atomic E-state index is 0.0665. The van der Waals surface area contributed by atoms with Crippen molar-refractivity contribution in [1.82, 2.24) is 19.9 Å². The van der Waals surface area contributed by atoms with E-state index in [2.05, 4.69) is 10.2 Å². The second kappa shape index (κ2) is 5.42. The molecule has 6 heteroatoms. The summed E-state index contributed by atoms with van der Waals surface area (Å²) in [5.74, 6) is -0.0951. The number of carbonyl (C=O) groups is 1. The number of carbonyl (C=O) groups excluding carboxylic acids is 1. The zero-order valence-corrected chi connectivity index (χ0v) is 11.1. The summed E-state index contributed by atoms with van der Waals surface area (Å²) in [5.41, 5.74) is 7.10. The van der Waals surface area contributed by atoms with Gasteiger partial charge in [0.25, 0.3) is 5.91 Å². The number of hydrogen-bond donors (Lipinski definition) is 1. The lowest BCUT2D eigenvalue weighted by Gasteiger charge is -2.30. The lowest BCUT2D eigenvalue weighted by Crippen LogP contribution is -2.45. The molecule has 1 unspecified atom stereocenters. The number of nitrogens with two attached hydrogens (primary N) is 1. The molecule has 1 fully saturated rings. The van der Waals surface area contributed by atoms with Gasteiger partial charge in [-0.3, -0.25) is 4.79 Å². The van der Waals surface area contributed by atoms with Gasteiger partial charge >= 0.3 is 0 Å². The van der Waals surface area contributed by atoms with Gasteiger partial charge in [-0.1, -0.05) is 18.2 Å². The predicted molar refractivity (Wildman–Crippen MR) is 74.5 cm³/mol. The van der Waals surface area contributed by atoms with Crippen LogP contribution in [0.1, 0.15) is 23.3 Å². The summed E-state index contributed by atoms with van der Waals surface area (Å²) in [5, 5.41) is 8.40. The number of benzene rings is 1. The van der Waals surface area contributed by atoms with Crippen molar-refractivity contribution in [2.75, 3.05) is 13.1 Å². The molecule has 2 heterocycles. The van der Waals surface area contributed by atoms with E-state index in [1.54, 1.807) is 4.90 Å². The van der Waals surface area contributed by atoms with Crippen LogP contribution in [0.25, 0.3) is 5.69 Å². The standard InChI is InChI=1S/C14H17N5O/c15-11-5-4-8-18(10-11)14(20)13-9-16-19(17-13)12-6-2-1-3-7-12/h1-3,6-7,9,11H,4-5,8,10,15H2. The summed E-state index contributed by atoms with van der Waals surface area (Å²) in [6.07, 6.45) is 3.43. The Balaban J connectivity index is 1.78. The summed E-state index contributed by atoms with van der Waals surface area (Å²) in [6.45, 7) is 1.34. The molecule has 6 nitrogen and oxygen atoms in total. The molecule has 1 atom stereocenters. The fourth-order valence-corrected chi connectivity index (χ4v) is 2.40. The molecule has 0 spiro atoms. The Labute approximate surface area is 117 Å². The fraction of sp³-hybridized carbons (Fsp3) is 0.357. The Kier molecular flexibility index (Phi) is 3.47. The van der Waals surface area contributed by atoms with Crippen molar-refractivity contribution < 1.29 is 4.79 Å². The van der Waals surface area contributed by atoms with Crippen LogP contribution >= 0.6 is 0 Å². The summed E-state index contributed by atoms with van der Waals surface area (Å²) in [6, 6.07) is 9.59. The normalized spacial score (nSPS) is 19.1. The predicted octanol–water partition coefficient (Wildman–Crippen LogP) is 0.831. The zero-order valence-electron chi connectivity index (χ0n) is 11.1. The van der Waals surface area contributed by atoms with Gasteiger partial charge in [0, 0.05) is 19.1 Å². The highest BCUT2D eigenvalue weighted by atomic mass is 16.2. The average molecular weight is 271 g/mol. The van der Waals surface area contributed by atoms with Crippen LogP contribution in [-0.2, 0) is 0 Å². The third-order valence-electron chi connectivity index (χ3n) is 3.44. The first-order valence-electron chi connectivity index (χ1n) is 6.76. The number of piperidine rings is 1. The number of aromatic nitrogens is 3. The van der Waals surface area contributed by atoms with Gasteiger partial charge in [-0.15, -0.1) is 5.10 Å². The van der Waals surface area contributed by atoms with Crippen LogP contribution in [0.5, 0.6) is 0 Å². The summed E-state index contributed by atoms with van der Waals surface area (Å²) >= 11 is 0. The molecule has 1 aromatic carbocycles. The van der Waals surface area contributed by atoms with Crippen molar-refractivity contribution in [3.8, 4) is 5.69 Å². The molecule has 0 aliphatic carbocycles. The van der Waals surface area contributed by atoms with Gasteiger partial charge in [0.1, 0.15) is 0 Å². The molecule has 20 heavy (non-hydrogen) atoms. The summed E-state index contributed by atoms with van der Waals surface area (Å²) in [7, 11) is 0. The second-order valence-corrected chi connectivity index (χ2v) is 5.01. The number of nitrogens with zero attached hydrogens (tertiary/aromatic N) is 4. The molecule has 1 aliphatic heterocycles. The quantitative estimate of drug-likeness (QED) is 0.877. The van der Waals surface area contributed by atoms with Crippen molar-refractivity contribution in [3.05, 3.63) is 42.2 Å². The first-order valence-corrected chi connectivity index (χ1v) is 6.76. The molecule has 1 amide bonds. The molecule has 2 aromatic rings. The van der Waals surface area contributed by atoms with Crippen LogP contribution in [-0.4, -0.2) is 44.9 Å². The zero-order chi connectivity index (χ0) is 13.9. The summed E-state index contributed by atoms with van der Waals surface area (Å²) in [4.78, 5) is 15.6. The first kappa shape index (κ1) is 12.8. The van der Waals surface area contributed by atoms with Crippen molar-refractivity contribution >= 4 is 5.91 Å². The van der Waals surface area contributed by atoms with Crippen LogP contribution < -0.4 is 5.73 Å². The van der Waals surface area contributed by atoms with Gasteiger partial charge in [-0.2, -0.15) is 9.90 Å². The highest BCUT2D eigenvalue weighted by Crippen LogP contribution is 2.12. The molecular weight excluding hydrogens is 254 g/mol. The monoisotopic (exact) mass is 271 g/mol. The van der Waals surface area contributed by atoms with Gasteiger partial charge < -0.3 is 10.6 Å². The molecular formula is C14H17N5O. The molecule has 3 rings (SSSR count). The SMILES string of the molecule is NC1CCCN(C(=O)c2cnn(-c3ccccc3)n2)C1. The van der Waals surface area contributed by atoms with Gasteiger partial charge in [0.05, 0.1) is 11.9 Å². The average Bonchev–Trinajstić information content (AvgIpc) is 2.97. The third-order valence-corrected chi connectivity index (χ3v) is 3.44. The van der Waals surface area contributed by atoms with Gasteiger partial charge in [0.2, 0.25) is 0 Å². The number of hydrogen-bond acceptors (Lipinski definition) is 4. The number of likely N-dealkylation sites (tertiary alicyclic amines) is 1. The van der Waals surface area contributed by atoms with Crippen LogP contribution in [0, 0.1) is 0 Å². The second-order valence-electron chi connectivity index (χ2n) is 5.01. The van der Waals surface area contributed by atoms with Crippen molar-refractivity contribution in [2.45, 2.75) is 18.9 Å². The van der Waals surface area contributed by atoms with Crippen LogP contribution in [0.4, 0.5) is 0 Å². The topological polar surface area (TPSA) is 77.0 Å². The fourth-order valence-electron chi connectivity index (χ4n) is 2.40. The molecule has 0 saturated carbocycles. The maximum atomic E-state index is 12.3. The van der Waals surface area contributed by atoms with E-state index >= 15 is 0 Å². The molecule has 1 aromatic heterocycles. The van der Waals surface area contributed by atoms with E-state index in [1.807, 2.05) is 30.3 Å². The van der Waals surface area contributed by atoms with Gasteiger partial charge in [0.15, 0.2) is 5.69 Å². The van der Waals surface area contributed by atoms with E-state index in [4.69, 9.17) is 5.73 Å². The Bertz CT molecular complexity index is 595. The van der Waals surface area contributed by atoms with Gasteiger partial charge in [-0.25, -0.2) is 0 Å². The van der Waals surface area contributed by atoms with Gasteiger partial charge in [-0.05, 0) is 25.0 Å². The van der Waals surface area contributed by atoms with Crippen molar-refractivity contribution in [2.24, 2.45) is 5.73 Å². The number of rotatable bonds is 2. The maximum absolute atomic E-state index is 12.3. The summed E-state index contributed by atoms with van der Waals surface area (Å²) < 4.78 is 0. The molecule has 1 saturated heterocycles. The van der Waals surface area contributed by atoms with Crippen LogP contribution in [0.15, 0.2) is 36.5 Å². The largest absolute Gasteiger partial charge is 0.336 e. The number of amides is 1. The van der Waals surface area contributed by atoms with Crippen molar-refractivity contribution in [3.63, 3.8) is 0 Å². The van der Waals surface area contributed by atoms with Crippen LogP contribution in [0.2, 0.25) is 0 Å². The Morgan fingerprint density at radius 3 is 2.85 bits per heavy atom. The number of para-hydroxylation sites is 1. The molecule has 2 N–H and O–H groups in total. The first-order chi connectivity index (χ1) is 9.74. The maximum Gasteiger partial charge on any atom is 0.276 e. The van der Waals surface area contributed by atoms with E-state index in [0.29, 0.717) is 12.2 Å². The lowest BCUT2D eigenvalue weighted by atomic mass is 10.1. The van der Waals surface area contributed by atoms with Crippen LogP contribution in [0.3, 0.4) is 0 Å². The third kappa shape index (κ3) is 2.55. The Morgan fingerprint density at radius 1 is 1.30 bits per heavy atom. The molecule has 104 valence electrons. The Hall–Kier alpha value is -2.21. The molecule has 0 radical (unpaired) electrons. The lowest BCUT2D eigenvalue weighted by molar-refractivity contribution is 0.0702. The highest BCUT2D eigenvalue weighted by Gasteiger charge is 2.24. The van der Waals surface area contributed by atoms with Crippen molar-refractivity contribution in [1.29, 1.82) is 0 Å². The smallest absolute Gasteiger partial charge is 0.276 e. The van der Waals surface area contributed by atoms with E-state index in [9.17, 15) is 4.79 Å². The van der Waals surface area contributed by atoms with E-state index < -0.39 is 0 Å².